The molecule has 0 aromatic heterocycles. The van der Waals surface area contributed by atoms with Gasteiger partial charge in [0.05, 0.1) is 5.41 Å². The van der Waals surface area contributed by atoms with Crippen LogP contribution in [0.3, 0.4) is 0 Å². The summed E-state index contributed by atoms with van der Waals surface area (Å²) in [5.74, 6) is -3.82. The lowest BCUT2D eigenvalue weighted by molar-refractivity contribution is -0.146. The Morgan fingerprint density at radius 3 is 2.39 bits per heavy atom. The van der Waals surface area contributed by atoms with Crippen LogP contribution in [0, 0.1) is 17.2 Å². The van der Waals surface area contributed by atoms with Gasteiger partial charge in [-0.25, -0.2) is 9.18 Å². The maximum absolute atomic E-state index is 14.3. The number of carboxylic acids is 2. The predicted octanol–water partition coefficient (Wildman–Crippen LogP) is 3.36. The average molecular weight is 316 g/mol. The Hall–Kier alpha value is -2.43. The van der Waals surface area contributed by atoms with E-state index in [0.717, 1.165) is 18.4 Å². The van der Waals surface area contributed by atoms with Gasteiger partial charge in [-0.2, -0.15) is 0 Å². The van der Waals surface area contributed by atoms with Gasteiger partial charge in [0.25, 0.3) is 0 Å². The second-order valence-electron chi connectivity index (χ2n) is 6.37. The summed E-state index contributed by atoms with van der Waals surface area (Å²) in [5.41, 5.74) is -0.732. The van der Waals surface area contributed by atoms with Gasteiger partial charge in [-0.3, -0.25) is 4.79 Å². The van der Waals surface area contributed by atoms with Crippen LogP contribution in [0.5, 0.6) is 0 Å². The van der Waals surface area contributed by atoms with Gasteiger partial charge < -0.3 is 10.2 Å². The Morgan fingerprint density at radius 2 is 1.87 bits per heavy atom. The number of halogens is 1. The summed E-state index contributed by atoms with van der Waals surface area (Å²) in [6.07, 6.45) is 4.99. The summed E-state index contributed by atoms with van der Waals surface area (Å²) in [4.78, 5) is 23.7. The molecule has 3 rings (SSSR count). The van der Waals surface area contributed by atoms with E-state index in [1.165, 1.54) is 31.2 Å². The van der Waals surface area contributed by atoms with Crippen molar-refractivity contribution in [1.29, 1.82) is 0 Å². The minimum Gasteiger partial charge on any atom is -0.481 e. The van der Waals surface area contributed by atoms with Gasteiger partial charge in [0.15, 0.2) is 0 Å². The molecule has 0 radical (unpaired) electrons. The van der Waals surface area contributed by atoms with Crippen LogP contribution >= 0.6 is 0 Å². The first-order chi connectivity index (χ1) is 10.8. The maximum Gasteiger partial charge on any atom is 0.332 e. The van der Waals surface area contributed by atoms with E-state index in [0.29, 0.717) is 0 Å². The standard InChI is InChI=1S/C18H17FO4/c1-18(17(22)23)9-11(10-6-7-10)8-13(16(20)21)15(18)12-4-2-3-5-14(12)19/h2-5,8-10,15H,6-7H2,1H3,(H,20,21)(H,22,23). The predicted molar refractivity (Wildman–Crippen MR) is 81.4 cm³/mol. The second-order valence-corrected chi connectivity index (χ2v) is 6.37. The van der Waals surface area contributed by atoms with Gasteiger partial charge in [-0.15, -0.1) is 0 Å². The molecular weight excluding hydrogens is 299 g/mol. The van der Waals surface area contributed by atoms with Gasteiger partial charge >= 0.3 is 11.9 Å². The zero-order chi connectivity index (χ0) is 16.8. The van der Waals surface area contributed by atoms with Gasteiger partial charge in [0.1, 0.15) is 5.82 Å². The molecule has 0 amide bonds. The first kappa shape index (κ1) is 15.5. The molecule has 2 atom stereocenters. The zero-order valence-corrected chi connectivity index (χ0v) is 12.6. The van der Waals surface area contributed by atoms with Crippen LogP contribution in [0.1, 0.15) is 31.2 Å². The lowest BCUT2D eigenvalue weighted by atomic mass is 9.65. The fourth-order valence-electron chi connectivity index (χ4n) is 3.28. The number of benzene rings is 1. The van der Waals surface area contributed by atoms with Crippen LogP contribution < -0.4 is 0 Å². The molecule has 0 aliphatic heterocycles. The van der Waals surface area contributed by atoms with Gasteiger partial charge in [-0.05, 0) is 49.0 Å². The zero-order valence-electron chi connectivity index (χ0n) is 12.6. The number of hydrogen-bond acceptors (Lipinski definition) is 2. The van der Waals surface area contributed by atoms with Crippen LogP contribution in [-0.2, 0) is 9.59 Å². The number of allylic oxidation sites excluding steroid dienone is 2. The summed E-state index contributed by atoms with van der Waals surface area (Å²) in [5, 5.41) is 19.3. The summed E-state index contributed by atoms with van der Waals surface area (Å²) >= 11 is 0. The minimum atomic E-state index is -1.50. The third-order valence-corrected chi connectivity index (χ3v) is 4.67. The molecule has 1 saturated carbocycles. The molecule has 2 aliphatic rings. The molecule has 0 bridgehead atoms. The molecule has 0 saturated heterocycles. The molecule has 0 spiro atoms. The van der Waals surface area contributed by atoms with E-state index in [1.54, 1.807) is 12.1 Å². The average Bonchev–Trinajstić information content (AvgIpc) is 3.32. The summed E-state index contributed by atoms with van der Waals surface area (Å²) in [7, 11) is 0. The Balaban J connectivity index is 2.21. The Morgan fingerprint density at radius 1 is 1.22 bits per heavy atom. The Bertz CT molecular complexity index is 745. The topological polar surface area (TPSA) is 74.6 Å². The highest BCUT2D eigenvalue weighted by Gasteiger charge is 2.48. The molecular formula is C18H17FO4. The van der Waals surface area contributed by atoms with Crippen LogP contribution in [-0.4, -0.2) is 22.2 Å². The van der Waals surface area contributed by atoms with Crippen LogP contribution in [0.25, 0.3) is 0 Å². The normalized spacial score (nSPS) is 27.1. The van der Waals surface area contributed by atoms with E-state index >= 15 is 0 Å². The molecule has 120 valence electrons. The van der Waals surface area contributed by atoms with E-state index in [9.17, 15) is 24.2 Å². The van der Waals surface area contributed by atoms with Gasteiger partial charge in [0, 0.05) is 11.5 Å². The Kier molecular flexibility index (Phi) is 3.59. The third-order valence-electron chi connectivity index (χ3n) is 4.67. The summed E-state index contributed by atoms with van der Waals surface area (Å²) in [6.45, 7) is 1.46. The van der Waals surface area contributed by atoms with E-state index in [-0.39, 0.29) is 17.1 Å². The number of carboxylic acid groups (broad SMARTS) is 2. The quantitative estimate of drug-likeness (QED) is 0.893. The largest absolute Gasteiger partial charge is 0.481 e. The summed E-state index contributed by atoms with van der Waals surface area (Å²) < 4.78 is 14.3. The molecule has 4 nitrogen and oxygen atoms in total. The highest BCUT2D eigenvalue weighted by molar-refractivity contribution is 5.93. The lowest BCUT2D eigenvalue weighted by Crippen LogP contribution is -2.38. The van der Waals surface area contributed by atoms with Crippen molar-refractivity contribution in [2.75, 3.05) is 0 Å². The van der Waals surface area contributed by atoms with Crippen molar-refractivity contribution in [2.24, 2.45) is 11.3 Å². The third kappa shape index (κ3) is 2.56. The fourth-order valence-corrected chi connectivity index (χ4v) is 3.28. The SMILES string of the molecule is CC1(C(=O)O)C=C(C2CC2)C=C(C(=O)O)C1c1ccccc1F. The van der Waals surface area contributed by atoms with Crippen LogP contribution in [0.4, 0.5) is 4.39 Å². The van der Waals surface area contributed by atoms with E-state index in [1.807, 2.05) is 0 Å². The molecule has 1 aromatic rings. The van der Waals surface area contributed by atoms with E-state index in [4.69, 9.17) is 0 Å². The van der Waals surface area contributed by atoms with Crippen LogP contribution in [0.2, 0.25) is 0 Å². The van der Waals surface area contributed by atoms with Crippen molar-refractivity contribution in [1.82, 2.24) is 0 Å². The minimum absolute atomic E-state index is 0.0654. The first-order valence-electron chi connectivity index (χ1n) is 7.50. The van der Waals surface area contributed by atoms with Crippen LogP contribution in [0.15, 0.2) is 47.6 Å². The van der Waals surface area contributed by atoms with Crippen molar-refractivity contribution < 1.29 is 24.2 Å². The number of rotatable bonds is 4. The molecule has 0 heterocycles. The van der Waals surface area contributed by atoms with Crippen molar-refractivity contribution in [3.8, 4) is 0 Å². The van der Waals surface area contributed by atoms with Crippen molar-refractivity contribution in [2.45, 2.75) is 25.7 Å². The number of carbonyl (C=O) groups is 2. The molecule has 2 N–H and O–H groups in total. The summed E-state index contributed by atoms with van der Waals surface area (Å²) in [6, 6.07) is 5.75. The molecule has 2 aliphatic carbocycles. The van der Waals surface area contributed by atoms with Gasteiger partial charge in [0.2, 0.25) is 0 Å². The van der Waals surface area contributed by atoms with E-state index < -0.39 is 29.1 Å². The molecule has 1 fully saturated rings. The lowest BCUT2D eigenvalue weighted by Gasteiger charge is -2.36. The molecule has 1 aromatic carbocycles. The number of aliphatic carboxylic acids is 2. The molecule has 5 heteroatoms. The highest BCUT2D eigenvalue weighted by atomic mass is 19.1. The fraction of sp³-hybridized carbons (Fsp3) is 0.333. The number of hydrogen-bond donors (Lipinski definition) is 2. The monoisotopic (exact) mass is 316 g/mol. The van der Waals surface area contributed by atoms with Crippen molar-refractivity contribution in [3.05, 3.63) is 58.9 Å². The van der Waals surface area contributed by atoms with E-state index in [2.05, 4.69) is 0 Å². The first-order valence-corrected chi connectivity index (χ1v) is 7.50. The smallest absolute Gasteiger partial charge is 0.332 e. The molecule has 2 unspecified atom stereocenters. The van der Waals surface area contributed by atoms with Gasteiger partial charge in [-0.1, -0.05) is 24.3 Å². The molecule has 23 heavy (non-hydrogen) atoms. The highest BCUT2D eigenvalue weighted by Crippen LogP contribution is 2.51. The van der Waals surface area contributed by atoms with Crippen molar-refractivity contribution >= 4 is 11.9 Å². The maximum atomic E-state index is 14.3. The van der Waals surface area contributed by atoms with Crippen molar-refractivity contribution in [3.63, 3.8) is 0 Å². The Labute approximate surface area is 132 Å². The second kappa shape index (κ2) is 5.33.